The van der Waals surface area contributed by atoms with Crippen LogP contribution < -0.4 is 14.2 Å². The first-order valence-electron chi connectivity index (χ1n) is 8.40. The second kappa shape index (κ2) is 10.6. The Bertz CT molecular complexity index is 733. The van der Waals surface area contributed by atoms with E-state index in [1.165, 1.54) is 0 Å². The first kappa shape index (κ1) is 20.8. The van der Waals surface area contributed by atoms with Crippen LogP contribution in [0.25, 0.3) is 6.08 Å². The Balaban J connectivity index is 2.19. The smallest absolute Gasteiger partial charge is 0.246 e. The molecule has 0 fully saturated rings. The number of hydrogen-bond acceptors (Lipinski definition) is 6. The number of nitrogens with zero attached hydrogens (tertiary/aromatic N) is 1. The Kier molecular flexibility index (Phi) is 8.16. The highest BCUT2D eigenvalue weighted by atomic mass is 32.1. The van der Waals surface area contributed by atoms with Gasteiger partial charge in [-0.25, -0.2) is 0 Å². The van der Waals surface area contributed by atoms with Crippen LogP contribution in [-0.2, 0) is 16.1 Å². The molecular weight excluding hydrogens is 366 g/mol. The van der Waals surface area contributed by atoms with Crippen molar-refractivity contribution in [3.63, 3.8) is 0 Å². The molecule has 0 saturated carbocycles. The molecule has 1 aromatic carbocycles. The monoisotopic (exact) mass is 391 g/mol. The second-order valence-corrected chi connectivity index (χ2v) is 6.46. The summed E-state index contributed by atoms with van der Waals surface area (Å²) in [6.45, 7) is 1.55. The molecule has 2 aromatic rings. The van der Waals surface area contributed by atoms with Gasteiger partial charge >= 0.3 is 0 Å². The van der Waals surface area contributed by atoms with E-state index in [1.54, 1.807) is 69.0 Å². The second-order valence-electron chi connectivity index (χ2n) is 5.68. The van der Waals surface area contributed by atoms with Crippen LogP contribution in [-0.4, -0.2) is 52.4 Å². The quantitative estimate of drug-likeness (QED) is 0.581. The number of carbonyl (C=O) groups is 1. The Hall–Kier alpha value is -2.51. The zero-order valence-corrected chi connectivity index (χ0v) is 16.9. The predicted octanol–water partition coefficient (Wildman–Crippen LogP) is 3.46. The van der Waals surface area contributed by atoms with Gasteiger partial charge in [0.1, 0.15) is 0 Å². The normalized spacial score (nSPS) is 10.8. The van der Waals surface area contributed by atoms with Crippen molar-refractivity contribution < 1.29 is 23.7 Å². The first-order valence-corrected chi connectivity index (χ1v) is 9.34. The van der Waals surface area contributed by atoms with Crippen LogP contribution in [0.3, 0.4) is 0 Å². The maximum absolute atomic E-state index is 12.7. The lowest BCUT2D eigenvalue weighted by molar-refractivity contribution is -0.127. The van der Waals surface area contributed by atoms with E-state index in [9.17, 15) is 4.79 Å². The molecule has 6 nitrogen and oxygen atoms in total. The van der Waals surface area contributed by atoms with Gasteiger partial charge in [0.2, 0.25) is 11.7 Å². The van der Waals surface area contributed by atoms with Crippen molar-refractivity contribution in [1.29, 1.82) is 0 Å². The number of benzene rings is 1. The highest BCUT2D eigenvalue weighted by molar-refractivity contribution is 7.07. The third-order valence-corrected chi connectivity index (χ3v) is 4.67. The molecule has 0 aliphatic heterocycles. The Morgan fingerprint density at radius 3 is 2.33 bits per heavy atom. The molecule has 146 valence electrons. The molecule has 7 heteroatoms. The number of carbonyl (C=O) groups excluding carboxylic acids is 1. The van der Waals surface area contributed by atoms with Crippen molar-refractivity contribution in [2.75, 3.05) is 41.6 Å². The third-order valence-electron chi connectivity index (χ3n) is 3.94. The summed E-state index contributed by atoms with van der Waals surface area (Å²) >= 11 is 1.61. The van der Waals surface area contributed by atoms with Crippen molar-refractivity contribution in [1.82, 2.24) is 4.90 Å². The number of ether oxygens (including phenoxy) is 4. The lowest BCUT2D eigenvalue weighted by atomic mass is 10.1. The minimum Gasteiger partial charge on any atom is -0.493 e. The molecule has 2 rings (SSSR count). The maximum atomic E-state index is 12.7. The van der Waals surface area contributed by atoms with Crippen LogP contribution >= 0.6 is 11.3 Å². The number of rotatable bonds is 10. The lowest BCUT2D eigenvalue weighted by Crippen LogP contribution is -2.31. The van der Waals surface area contributed by atoms with Gasteiger partial charge in [0.15, 0.2) is 11.5 Å². The molecule has 1 aromatic heterocycles. The summed E-state index contributed by atoms with van der Waals surface area (Å²) in [5.74, 6) is 1.51. The molecule has 27 heavy (non-hydrogen) atoms. The number of thiophene rings is 1. The molecule has 0 unspecified atom stereocenters. The van der Waals surface area contributed by atoms with Crippen LogP contribution in [0.5, 0.6) is 17.2 Å². The minimum atomic E-state index is -0.0907. The zero-order valence-electron chi connectivity index (χ0n) is 16.1. The van der Waals surface area contributed by atoms with E-state index in [0.717, 1.165) is 11.1 Å². The SMILES string of the molecule is COCCN(Cc1ccsc1)C(=O)/C=C/c1cc(OC)c(OC)c(OC)c1. The van der Waals surface area contributed by atoms with Gasteiger partial charge in [-0.15, -0.1) is 0 Å². The third kappa shape index (κ3) is 5.74. The summed E-state index contributed by atoms with van der Waals surface area (Å²) in [4.78, 5) is 14.4. The van der Waals surface area contributed by atoms with E-state index in [1.807, 2.05) is 16.8 Å². The molecule has 1 heterocycles. The lowest BCUT2D eigenvalue weighted by Gasteiger charge is -2.20. The van der Waals surface area contributed by atoms with Crippen molar-refractivity contribution in [3.8, 4) is 17.2 Å². The number of methoxy groups -OCH3 is 4. The number of amides is 1. The predicted molar refractivity (Wildman–Crippen MR) is 107 cm³/mol. The summed E-state index contributed by atoms with van der Waals surface area (Å²) in [6, 6.07) is 5.60. The van der Waals surface area contributed by atoms with E-state index >= 15 is 0 Å². The topological polar surface area (TPSA) is 57.2 Å². The Morgan fingerprint density at radius 2 is 1.81 bits per heavy atom. The van der Waals surface area contributed by atoms with Gasteiger partial charge in [-0.1, -0.05) is 0 Å². The average molecular weight is 391 g/mol. The Labute approximate surface area is 163 Å². The molecule has 0 aliphatic rings. The van der Waals surface area contributed by atoms with Gasteiger partial charge in [0.25, 0.3) is 0 Å². The van der Waals surface area contributed by atoms with Crippen LogP contribution in [0.2, 0.25) is 0 Å². The molecule has 0 N–H and O–H groups in total. The number of hydrogen-bond donors (Lipinski definition) is 0. The molecule has 0 saturated heterocycles. The van der Waals surface area contributed by atoms with E-state index in [-0.39, 0.29) is 5.91 Å². The largest absolute Gasteiger partial charge is 0.493 e. The fourth-order valence-corrected chi connectivity index (χ4v) is 3.20. The van der Waals surface area contributed by atoms with Crippen molar-refractivity contribution in [2.24, 2.45) is 0 Å². The van der Waals surface area contributed by atoms with Gasteiger partial charge in [-0.05, 0) is 46.2 Å². The maximum Gasteiger partial charge on any atom is 0.246 e. The van der Waals surface area contributed by atoms with E-state index < -0.39 is 0 Å². The fourth-order valence-electron chi connectivity index (χ4n) is 2.54. The van der Waals surface area contributed by atoms with Crippen LogP contribution in [0, 0.1) is 0 Å². The summed E-state index contributed by atoms with van der Waals surface area (Å²) in [7, 11) is 6.29. The van der Waals surface area contributed by atoms with E-state index in [2.05, 4.69) is 0 Å². The van der Waals surface area contributed by atoms with E-state index in [0.29, 0.717) is 36.9 Å². The van der Waals surface area contributed by atoms with Gasteiger partial charge in [-0.3, -0.25) is 4.79 Å². The van der Waals surface area contributed by atoms with Gasteiger partial charge in [-0.2, -0.15) is 11.3 Å². The van der Waals surface area contributed by atoms with Crippen LogP contribution in [0.1, 0.15) is 11.1 Å². The first-order chi connectivity index (χ1) is 13.1. The van der Waals surface area contributed by atoms with Crippen molar-refractivity contribution in [3.05, 3.63) is 46.2 Å². The van der Waals surface area contributed by atoms with Crippen LogP contribution in [0.15, 0.2) is 35.0 Å². The molecule has 0 spiro atoms. The van der Waals surface area contributed by atoms with Crippen LogP contribution in [0.4, 0.5) is 0 Å². The highest BCUT2D eigenvalue weighted by Crippen LogP contribution is 2.38. The van der Waals surface area contributed by atoms with Gasteiger partial charge in [0, 0.05) is 26.3 Å². The average Bonchev–Trinajstić information content (AvgIpc) is 3.21. The summed E-state index contributed by atoms with van der Waals surface area (Å²) < 4.78 is 21.1. The molecule has 0 radical (unpaired) electrons. The zero-order chi connectivity index (χ0) is 19.6. The highest BCUT2D eigenvalue weighted by Gasteiger charge is 2.14. The molecular formula is C20H25NO5S. The summed E-state index contributed by atoms with van der Waals surface area (Å²) in [5.41, 5.74) is 1.88. The van der Waals surface area contributed by atoms with Crippen molar-refractivity contribution in [2.45, 2.75) is 6.54 Å². The van der Waals surface area contributed by atoms with Gasteiger partial charge in [0.05, 0.1) is 27.9 Å². The van der Waals surface area contributed by atoms with Gasteiger partial charge < -0.3 is 23.8 Å². The van der Waals surface area contributed by atoms with Crippen molar-refractivity contribution >= 4 is 23.3 Å². The molecule has 0 atom stereocenters. The standard InChI is InChI=1S/C20H25NO5S/c1-23-9-8-21(13-16-7-10-27-14-16)19(22)6-5-15-11-17(24-2)20(26-4)18(12-15)25-3/h5-7,10-12,14H,8-9,13H2,1-4H3/b6-5+. The Morgan fingerprint density at radius 1 is 1.11 bits per heavy atom. The molecule has 1 amide bonds. The summed E-state index contributed by atoms with van der Waals surface area (Å²) in [6.07, 6.45) is 3.28. The minimum absolute atomic E-state index is 0.0907. The molecule has 0 bridgehead atoms. The van der Waals surface area contributed by atoms with E-state index in [4.69, 9.17) is 18.9 Å². The molecule has 0 aliphatic carbocycles. The summed E-state index contributed by atoms with van der Waals surface area (Å²) in [5, 5.41) is 4.04. The fraction of sp³-hybridized carbons (Fsp3) is 0.350.